The lowest BCUT2D eigenvalue weighted by Gasteiger charge is -2.31. The number of esters is 1. The second kappa shape index (κ2) is 8.83. The molecule has 0 fully saturated rings. The van der Waals surface area contributed by atoms with E-state index in [9.17, 15) is 26.7 Å². The number of hydrogen-bond acceptors (Lipinski definition) is 3. The van der Waals surface area contributed by atoms with Gasteiger partial charge in [-0.1, -0.05) is 24.3 Å². The molecule has 9 heteroatoms. The van der Waals surface area contributed by atoms with E-state index in [1.165, 1.54) is 25.1 Å². The Kier molecular flexibility index (Phi) is 6.35. The van der Waals surface area contributed by atoms with Gasteiger partial charge in [0.05, 0.1) is 30.7 Å². The Hall–Kier alpha value is -3.67. The summed E-state index contributed by atoms with van der Waals surface area (Å²) in [5, 5.41) is 2.85. The second-order valence-corrected chi connectivity index (χ2v) is 7.06. The Morgan fingerprint density at radius 3 is 2.47 bits per heavy atom. The van der Waals surface area contributed by atoms with E-state index in [1.54, 1.807) is 6.07 Å². The zero-order chi connectivity index (χ0) is 23.6. The minimum absolute atomic E-state index is 0.130. The fourth-order valence-electron chi connectivity index (χ4n) is 3.69. The highest BCUT2D eigenvalue weighted by molar-refractivity contribution is 5.93. The summed E-state index contributed by atoms with van der Waals surface area (Å²) >= 11 is 0. The van der Waals surface area contributed by atoms with Crippen molar-refractivity contribution in [1.82, 2.24) is 5.32 Å². The molecule has 1 atom stereocenters. The quantitative estimate of drug-likeness (QED) is 0.382. The molecule has 0 amide bonds. The number of carbonyl (C=O) groups is 1. The van der Waals surface area contributed by atoms with Crippen LogP contribution in [0.1, 0.15) is 29.5 Å². The smallest absolute Gasteiger partial charge is 0.416 e. The summed E-state index contributed by atoms with van der Waals surface area (Å²) in [5.74, 6) is -4.10. The molecule has 0 aliphatic carbocycles. The van der Waals surface area contributed by atoms with Gasteiger partial charge in [-0.2, -0.15) is 13.2 Å². The van der Waals surface area contributed by atoms with Crippen molar-refractivity contribution in [2.45, 2.75) is 25.4 Å². The highest BCUT2D eigenvalue weighted by atomic mass is 19.4. The summed E-state index contributed by atoms with van der Waals surface area (Å²) in [4.78, 5) is 15.9. The van der Waals surface area contributed by atoms with E-state index in [1.807, 2.05) is 0 Å². The second-order valence-electron chi connectivity index (χ2n) is 7.06. The SMILES string of the molecule is [C-]#[N+]C1=C(Cc2ccccc2F)NC(C)=C(C(=O)OC)C1c1ccc(F)cc1C(F)(F)F. The van der Waals surface area contributed by atoms with Crippen LogP contribution in [-0.4, -0.2) is 13.1 Å². The highest BCUT2D eigenvalue weighted by Gasteiger charge is 2.42. The van der Waals surface area contributed by atoms with Gasteiger partial charge in [-0.25, -0.2) is 18.4 Å². The first-order valence-corrected chi connectivity index (χ1v) is 9.35. The predicted octanol–water partition coefficient (Wildman–Crippen LogP) is 5.49. The Labute approximate surface area is 180 Å². The van der Waals surface area contributed by atoms with Crippen molar-refractivity contribution in [3.8, 4) is 0 Å². The maximum Gasteiger partial charge on any atom is 0.416 e. The molecule has 1 aliphatic heterocycles. The number of halogens is 5. The number of benzene rings is 2. The largest absolute Gasteiger partial charge is 0.466 e. The molecule has 0 saturated heterocycles. The summed E-state index contributed by atoms with van der Waals surface area (Å²) in [7, 11) is 1.06. The summed E-state index contributed by atoms with van der Waals surface area (Å²) in [6.45, 7) is 9.10. The van der Waals surface area contributed by atoms with Gasteiger partial charge in [-0.05, 0) is 36.2 Å². The molecule has 0 spiro atoms. The number of nitrogens with one attached hydrogen (secondary N) is 1. The molecule has 1 unspecified atom stereocenters. The van der Waals surface area contributed by atoms with Crippen LogP contribution >= 0.6 is 0 Å². The van der Waals surface area contributed by atoms with Gasteiger partial charge in [0.25, 0.3) is 0 Å². The van der Waals surface area contributed by atoms with Crippen molar-refractivity contribution >= 4 is 5.97 Å². The molecular formula is C23H17F5N2O2. The van der Waals surface area contributed by atoms with Gasteiger partial charge in [0.2, 0.25) is 0 Å². The molecule has 2 aromatic rings. The Balaban J connectivity index is 2.28. The van der Waals surface area contributed by atoms with E-state index >= 15 is 0 Å². The Morgan fingerprint density at radius 1 is 1.19 bits per heavy atom. The third-order valence-electron chi connectivity index (χ3n) is 5.10. The van der Waals surface area contributed by atoms with Gasteiger partial charge in [0.15, 0.2) is 5.70 Å². The molecule has 1 aliphatic rings. The molecule has 0 bridgehead atoms. The van der Waals surface area contributed by atoms with Crippen LogP contribution in [0.25, 0.3) is 4.85 Å². The van der Waals surface area contributed by atoms with Crippen LogP contribution < -0.4 is 5.32 Å². The van der Waals surface area contributed by atoms with Gasteiger partial charge < -0.3 is 10.1 Å². The lowest BCUT2D eigenvalue weighted by Crippen LogP contribution is -2.31. The topological polar surface area (TPSA) is 42.7 Å². The van der Waals surface area contributed by atoms with Crippen molar-refractivity contribution < 1.29 is 31.5 Å². The molecule has 0 aromatic heterocycles. The number of dihydropyridines is 1. The normalized spacial score (nSPS) is 16.5. The first kappa shape index (κ1) is 23.0. The molecule has 4 nitrogen and oxygen atoms in total. The van der Waals surface area contributed by atoms with Gasteiger partial charge in [0.1, 0.15) is 11.6 Å². The van der Waals surface area contributed by atoms with Crippen molar-refractivity contribution in [2.75, 3.05) is 7.11 Å². The van der Waals surface area contributed by atoms with Crippen molar-refractivity contribution in [2.24, 2.45) is 0 Å². The third kappa shape index (κ3) is 4.35. The molecule has 0 radical (unpaired) electrons. The Bertz CT molecular complexity index is 1180. The Morgan fingerprint density at radius 2 is 1.88 bits per heavy atom. The average Bonchev–Trinajstić information content (AvgIpc) is 2.74. The number of methoxy groups -OCH3 is 1. The van der Waals surface area contributed by atoms with Crippen LogP contribution in [-0.2, 0) is 22.1 Å². The molecule has 2 aromatic carbocycles. The fraction of sp³-hybridized carbons (Fsp3) is 0.217. The molecule has 3 rings (SSSR count). The number of alkyl halides is 3. The van der Waals surface area contributed by atoms with E-state index in [0.717, 1.165) is 19.2 Å². The van der Waals surface area contributed by atoms with Crippen LogP contribution in [0.15, 0.2) is 65.1 Å². The van der Waals surface area contributed by atoms with Crippen LogP contribution in [0.3, 0.4) is 0 Å². The average molecular weight is 448 g/mol. The molecule has 1 N–H and O–H groups in total. The summed E-state index contributed by atoms with van der Waals surface area (Å²) in [5.41, 5.74) is -1.75. The van der Waals surface area contributed by atoms with Gasteiger partial charge in [-0.3, -0.25) is 0 Å². The molecule has 1 heterocycles. The first-order chi connectivity index (χ1) is 15.1. The van der Waals surface area contributed by atoms with Crippen LogP contribution in [0.5, 0.6) is 0 Å². The van der Waals surface area contributed by atoms with Crippen LogP contribution in [0.4, 0.5) is 22.0 Å². The standard InChI is InChI=1S/C23H17F5N2O2/c1-12-19(22(31)32-3)20(15-9-8-14(24)11-16(15)23(26,27)28)21(29-2)18(30-12)10-13-6-4-5-7-17(13)25/h4-9,11,20,30H,10H2,1,3H3. The van der Waals surface area contributed by atoms with E-state index in [4.69, 9.17) is 11.3 Å². The minimum atomic E-state index is -4.95. The number of nitrogens with zero attached hydrogens (tertiary/aromatic N) is 1. The first-order valence-electron chi connectivity index (χ1n) is 9.35. The van der Waals surface area contributed by atoms with Gasteiger partial charge >= 0.3 is 12.1 Å². The third-order valence-corrected chi connectivity index (χ3v) is 5.10. The number of allylic oxidation sites excluding steroid dienone is 3. The van der Waals surface area contributed by atoms with Crippen LogP contribution in [0, 0.1) is 18.2 Å². The number of hydrogen-bond donors (Lipinski definition) is 1. The summed E-state index contributed by atoms with van der Waals surface area (Å²) in [6, 6.07) is 7.81. The lowest BCUT2D eigenvalue weighted by atomic mass is 9.81. The number of carbonyl (C=O) groups excluding carboxylic acids is 1. The zero-order valence-corrected chi connectivity index (χ0v) is 17.0. The summed E-state index contributed by atoms with van der Waals surface area (Å²) in [6.07, 6.45) is -5.08. The van der Waals surface area contributed by atoms with Crippen molar-refractivity contribution in [1.29, 1.82) is 0 Å². The highest BCUT2D eigenvalue weighted by Crippen LogP contribution is 2.45. The van der Waals surface area contributed by atoms with Gasteiger partial charge in [0, 0.05) is 17.8 Å². The zero-order valence-electron chi connectivity index (χ0n) is 17.0. The molecule has 166 valence electrons. The van der Waals surface area contributed by atoms with E-state index in [0.29, 0.717) is 6.07 Å². The number of ether oxygens (including phenoxy) is 1. The molecule has 32 heavy (non-hydrogen) atoms. The molecule has 0 saturated carbocycles. The monoisotopic (exact) mass is 448 g/mol. The van der Waals surface area contributed by atoms with E-state index in [-0.39, 0.29) is 34.6 Å². The fourth-order valence-corrected chi connectivity index (χ4v) is 3.69. The van der Waals surface area contributed by atoms with Crippen LogP contribution in [0.2, 0.25) is 0 Å². The minimum Gasteiger partial charge on any atom is -0.466 e. The number of rotatable bonds is 4. The van der Waals surface area contributed by atoms with E-state index < -0.39 is 40.8 Å². The van der Waals surface area contributed by atoms with Crippen molar-refractivity contribution in [3.63, 3.8) is 0 Å². The lowest BCUT2D eigenvalue weighted by molar-refractivity contribution is -0.139. The van der Waals surface area contributed by atoms with Gasteiger partial charge in [-0.15, -0.1) is 0 Å². The summed E-state index contributed by atoms with van der Waals surface area (Å²) < 4.78 is 73.9. The van der Waals surface area contributed by atoms with Crippen molar-refractivity contribution in [3.05, 3.63) is 105 Å². The molecular weight excluding hydrogens is 431 g/mol. The maximum absolute atomic E-state index is 14.2. The maximum atomic E-state index is 14.2. The van der Waals surface area contributed by atoms with E-state index in [2.05, 4.69) is 10.2 Å². The predicted molar refractivity (Wildman–Crippen MR) is 106 cm³/mol.